The largest absolute Gasteiger partial charge is 0.343 e. The number of rotatable bonds is 5. The maximum atomic E-state index is 14.2. The molecule has 206 valence electrons. The third-order valence-electron chi connectivity index (χ3n) is 8.65. The molecule has 3 aliphatic rings. The highest BCUT2D eigenvalue weighted by Gasteiger charge is 2.62. The van der Waals surface area contributed by atoms with Crippen LogP contribution in [0.5, 0.6) is 0 Å². The van der Waals surface area contributed by atoms with Crippen LogP contribution in [0.25, 0.3) is 21.9 Å². The highest BCUT2D eigenvalue weighted by atomic mass is 16.2. The Hall–Kier alpha value is -4.63. The number of para-hydroxylation sites is 1. The number of benzene rings is 2. The molecule has 2 fully saturated rings. The Balaban J connectivity index is 1.26. The highest BCUT2D eigenvalue weighted by molar-refractivity contribution is 6.10. The van der Waals surface area contributed by atoms with Crippen LogP contribution in [0.15, 0.2) is 73.1 Å². The van der Waals surface area contributed by atoms with E-state index >= 15 is 0 Å². The molecule has 2 N–H and O–H groups in total. The molecular weight excluding hydrogens is 516 g/mol. The summed E-state index contributed by atoms with van der Waals surface area (Å²) in [4.78, 5) is 53.8. The average Bonchev–Trinajstić information content (AvgIpc) is 3.67. The van der Waals surface area contributed by atoms with Crippen LogP contribution in [0, 0.1) is 0 Å². The highest BCUT2D eigenvalue weighted by Crippen LogP contribution is 2.49. The minimum Gasteiger partial charge on any atom is -0.343 e. The number of carbonyl (C=O) groups excluding carboxylic acids is 3. The SMILES string of the molecule is CN(C)C(=O)c1ccc(-c2c(CN3C(=O)C4(CN(C(=O)C5(N)CC5)C4)c4ccccc43)ncc3ccccc23)cn1. The van der Waals surface area contributed by atoms with Gasteiger partial charge in [0.25, 0.3) is 5.91 Å². The molecule has 7 rings (SSSR count). The van der Waals surface area contributed by atoms with Crippen LogP contribution >= 0.6 is 0 Å². The fraction of sp³-hybridized carbons (Fsp3) is 0.281. The number of anilines is 1. The predicted octanol–water partition coefficient (Wildman–Crippen LogP) is 3.12. The lowest BCUT2D eigenvalue weighted by Gasteiger charge is -2.47. The number of nitrogens with two attached hydrogens (primary N) is 1. The zero-order chi connectivity index (χ0) is 28.5. The first-order valence-corrected chi connectivity index (χ1v) is 13.8. The van der Waals surface area contributed by atoms with Crippen LogP contribution < -0.4 is 10.6 Å². The first-order chi connectivity index (χ1) is 19.7. The van der Waals surface area contributed by atoms with Crippen LogP contribution in [0.1, 0.15) is 34.6 Å². The summed E-state index contributed by atoms with van der Waals surface area (Å²) >= 11 is 0. The minimum absolute atomic E-state index is 0.0319. The molecule has 1 aliphatic carbocycles. The zero-order valence-electron chi connectivity index (χ0n) is 23.0. The lowest BCUT2D eigenvalue weighted by molar-refractivity contribution is -0.146. The molecule has 9 heteroatoms. The third kappa shape index (κ3) is 3.83. The molecule has 2 aliphatic heterocycles. The van der Waals surface area contributed by atoms with Gasteiger partial charge in [0.2, 0.25) is 11.8 Å². The van der Waals surface area contributed by atoms with E-state index in [2.05, 4.69) is 4.98 Å². The van der Waals surface area contributed by atoms with Crippen LogP contribution in [0.4, 0.5) is 5.69 Å². The van der Waals surface area contributed by atoms with Crippen molar-refractivity contribution >= 4 is 34.2 Å². The summed E-state index contributed by atoms with van der Waals surface area (Å²) in [6, 6.07) is 19.4. The van der Waals surface area contributed by atoms with Gasteiger partial charge in [0.15, 0.2) is 0 Å². The number of carbonyl (C=O) groups is 3. The molecule has 2 aromatic carbocycles. The van der Waals surface area contributed by atoms with Gasteiger partial charge >= 0.3 is 0 Å². The van der Waals surface area contributed by atoms with Crippen LogP contribution in [0.2, 0.25) is 0 Å². The monoisotopic (exact) mass is 546 g/mol. The van der Waals surface area contributed by atoms with Crippen LogP contribution in [0.3, 0.4) is 0 Å². The second-order valence-corrected chi connectivity index (χ2v) is 11.6. The summed E-state index contributed by atoms with van der Waals surface area (Å²) in [5, 5.41) is 1.95. The molecule has 4 heterocycles. The summed E-state index contributed by atoms with van der Waals surface area (Å²) in [5.41, 5.74) is 9.19. The van der Waals surface area contributed by atoms with E-state index in [1.165, 1.54) is 4.90 Å². The van der Waals surface area contributed by atoms with Gasteiger partial charge in [-0.05, 0) is 35.9 Å². The molecule has 1 saturated heterocycles. The van der Waals surface area contributed by atoms with Crippen molar-refractivity contribution in [1.82, 2.24) is 19.8 Å². The third-order valence-corrected chi connectivity index (χ3v) is 8.65. The van der Waals surface area contributed by atoms with E-state index in [1.54, 1.807) is 36.2 Å². The van der Waals surface area contributed by atoms with Gasteiger partial charge in [-0.15, -0.1) is 0 Å². The van der Waals surface area contributed by atoms with E-state index in [1.807, 2.05) is 60.8 Å². The first-order valence-electron chi connectivity index (χ1n) is 13.8. The number of pyridine rings is 2. The molecule has 2 aromatic heterocycles. The van der Waals surface area contributed by atoms with Gasteiger partial charge < -0.3 is 20.4 Å². The van der Waals surface area contributed by atoms with E-state index in [-0.39, 0.29) is 24.3 Å². The Labute approximate surface area is 237 Å². The number of nitrogens with zero attached hydrogens (tertiary/aromatic N) is 5. The molecule has 0 bridgehead atoms. The van der Waals surface area contributed by atoms with Gasteiger partial charge in [0.05, 0.1) is 17.8 Å². The molecular formula is C32H30N6O3. The molecule has 4 aromatic rings. The van der Waals surface area contributed by atoms with Crippen molar-refractivity contribution in [2.75, 3.05) is 32.1 Å². The van der Waals surface area contributed by atoms with Crippen molar-refractivity contribution in [3.05, 3.63) is 90.0 Å². The van der Waals surface area contributed by atoms with Crippen molar-refractivity contribution in [2.45, 2.75) is 30.3 Å². The lowest BCUT2D eigenvalue weighted by Crippen LogP contribution is -2.67. The van der Waals surface area contributed by atoms with Crippen molar-refractivity contribution in [1.29, 1.82) is 0 Å². The lowest BCUT2D eigenvalue weighted by atomic mass is 9.74. The molecule has 0 atom stereocenters. The molecule has 3 amide bonds. The van der Waals surface area contributed by atoms with Crippen molar-refractivity contribution in [3.8, 4) is 11.1 Å². The minimum atomic E-state index is -0.774. The second kappa shape index (κ2) is 8.94. The Bertz CT molecular complexity index is 1740. The Kier molecular flexibility index (Phi) is 5.53. The first kappa shape index (κ1) is 25.3. The smallest absolute Gasteiger partial charge is 0.271 e. The van der Waals surface area contributed by atoms with Gasteiger partial charge in [-0.1, -0.05) is 48.5 Å². The van der Waals surface area contributed by atoms with Gasteiger partial charge in [-0.3, -0.25) is 24.4 Å². The summed E-state index contributed by atoms with van der Waals surface area (Å²) in [6.45, 7) is 0.922. The normalized spacial score (nSPS) is 17.9. The van der Waals surface area contributed by atoms with Gasteiger partial charge in [-0.2, -0.15) is 0 Å². The maximum absolute atomic E-state index is 14.2. The van der Waals surface area contributed by atoms with E-state index in [0.717, 1.165) is 38.8 Å². The number of fused-ring (bicyclic) bond motifs is 3. The van der Waals surface area contributed by atoms with E-state index in [9.17, 15) is 14.4 Å². The Morgan fingerprint density at radius 3 is 2.39 bits per heavy atom. The van der Waals surface area contributed by atoms with Crippen molar-refractivity contribution in [2.24, 2.45) is 5.73 Å². The number of aromatic nitrogens is 2. The van der Waals surface area contributed by atoms with E-state index in [4.69, 9.17) is 10.7 Å². The number of likely N-dealkylation sites (tertiary alicyclic amines) is 1. The van der Waals surface area contributed by atoms with Crippen LogP contribution in [-0.4, -0.2) is 70.2 Å². The van der Waals surface area contributed by atoms with Gasteiger partial charge in [0, 0.05) is 61.8 Å². The van der Waals surface area contributed by atoms with Crippen LogP contribution in [-0.2, 0) is 21.5 Å². The summed E-state index contributed by atoms with van der Waals surface area (Å²) in [7, 11) is 3.39. The fourth-order valence-corrected chi connectivity index (χ4v) is 6.17. The topological polar surface area (TPSA) is 113 Å². The maximum Gasteiger partial charge on any atom is 0.271 e. The van der Waals surface area contributed by atoms with Gasteiger partial charge in [0.1, 0.15) is 11.1 Å². The van der Waals surface area contributed by atoms with E-state index in [0.29, 0.717) is 31.6 Å². The molecule has 1 spiro atoms. The van der Waals surface area contributed by atoms with Crippen molar-refractivity contribution in [3.63, 3.8) is 0 Å². The average molecular weight is 547 g/mol. The molecule has 0 unspecified atom stereocenters. The predicted molar refractivity (Wildman–Crippen MR) is 155 cm³/mol. The fourth-order valence-electron chi connectivity index (χ4n) is 6.17. The van der Waals surface area contributed by atoms with E-state index < -0.39 is 11.0 Å². The zero-order valence-corrected chi connectivity index (χ0v) is 23.0. The Morgan fingerprint density at radius 1 is 0.951 bits per heavy atom. The standard InChI is InChI=1S/C32H30N6O3/c1-36(2)28(39)24-12-11-21(16-34-24)27-22-8-4-3-7-20(22)15-35-25(27)17-38-26-10-6-5-9-23(26)31(29(38)40)18-37(19-31)30(41)32(33)13-14-32/h3-12,15-16H,13-14,17-19,33H2,1-2H3. The quantitative estimate of drug-likeness (QED) is 0.412. The summed E-state index contributed by atoms with van der Waals surface area (Å²) < 4.78 is 0. The molecule has 9 nitrogen and oxygen atoms in total. The Morgan fingerprint density at radius 2 is 1.68 bits per heavy atom. The van der Waals surface area contributed by atoms with Gasteiger partial charge in [-0.25, -0.2) is 0 Å². The number of hydrogen-bond acceptors (Lipinski definition) is 6. The second-order valence-electron chi connectivity index (χ2n) is 11.6. The molecule has 41 heavy (non-hydrogen) atoms. The summed E-state index contributed by atoms with van der Waals surface area (Å²) in [5.74, 6) is -0.266. The molecule has 1 saturated carbocycles. The van der Waals surface area contributed by atoms with Crippen molar-refractivity contribution < 1.29 is 14.4 Å². The summed E-state index contributed by atoms with van der Waals surface area (Å²) in [6.07, 6.45) is 4.91. The number of amides is 3. The number of hydrogen-bond donors (Lipinski definition) is 1. The molecule has 0 radical (unpaired) electrons.